The van der Waals surface area contributed by atoms with Crippen LogP contribution in [0, 0.1) is 6.92 Å². The van der Waals surface area contributed by atoms with Crippen molar-refractivity contribution in [3.63, 3.8) is 0 Å². The van der Waals surface area contributed by atoms with Gasteiger partial charge in [-0.2, -0.15) is 22.6 Å². The third-order valence-electron chi connectivity index (χ3n) is 4.84. The van der Waals surface area contributed by atoms with E-state index in [1.807, 2.05) is 6.92 Å². The van der Waals surface area contributed by atoms with Crippen LogP contribution in [0.15, 0.2) is 88.9 Å². The smallest absolute Gasteiger partial charge is 0.272 e. The molecule has 10 heteroatoms. The molecule has 0 bridgehead atoms. The number of nitrogens with zero attached hydrogens (tertiary/aromatic N) is 2. The second-order valence-corrected chi connectivity index (χ2v) is 9.39. The van der Waals surface area contributed by atoms with E-state index in [2.05, 4.69) is 10.5 Å². The lowest BCUT2D eigenvalue weighted by molar-refractivity contribution is -0.137. The Balaban J connectivity index is 1.79. The lowest BCUT2D eigenvalue weighted by Crippen LogP contribution is -2.39. The highest BCUT2D eigenvalue weighted by molar-refractivity contribution is 7.89. The second kappa shape index (κ2) is 10.6. The van der Waals surface area contributed by atoms with E-state index in [9.17, 15) is 26.4 Å². The molecule has 0 aliphatic heterocycles. The van der Waals surface area contributed by atoms with Crippen LogP contribution in [0.4, 0.5) is 13.2 Å². The summed E-state index contributed by atoms with van der Waals surface area (Å²) in [4.78, 5) is 12.5. The Hall–Kier alpha value is -3.50. The number of halogens is 3. The molecule has 178 valence electrons. The van der Waals surface area contributed by atoms with E-state index in [1.54, 1.807) is 42.5 Å². The lowest BCUT2D eigenvalue weighted by atomic mass is 10.1. The normalized spacial score (nSPS) is 12.3. The topological polar surface area (TPSA) is 78.8 Å². The number of nitrogens with one attached hydrogen (secondary N) is 1. The van der Waals surface area contributed by atoms with Gasteiger partial charge in [-0.3, -0.25) is 4.79 Å². The molecule has 34 heavy (non-hydrogen) atoms. The van der Waals surface area contributed by atoms with Crippen molar-refractivity contribution in [1.29, 1.82) is 0 Å². The molecule has 0 heterocycles. The minimum atomic E-state index is -4.58. The van der Waals surface area contributed by atoms with Crippen molar-refractivity contribution in [3.8, 4) is 0 Å². The molecule has 0 saturated carbocycles. The van der Waals surface area contributed by atoms with Gasteiger partial charge >= 0.3 is 6.18 Å². The van der Waals surface area contributed by atoms with E-state index >= 15 is 0 Å². The fourth-order valence-electron chi connectivity index (χ4n) is 3.11. The Bertz CT molecular complexity index is 1260. The first-order chi connectivity index (χ1) is 16.1. The fraction of sp³-hybridized carbons (Fsp3) is 0.167. The molecule has 3 aromatic rings. The summed E-state index contributed by atoms with van der Waals surface area (Å²) < 4.78 is 66.7. The Morgan fingerprint density at radius 1 is 0.971 bits per heavy atom. The summed E-state index contributed by atoms with van der Waals surface area (Å²) in [7, 11) is -4.04. The minimum absolute atomic E-state index is 0.0180. The van der Waals surface area contributed by atoms with Crippen molar-refractivity contribution in [3.05, 3.63) is 101 Å². The maximum Gasteiger partial charge on any atom is 0.417 e. The molecule has 3 rings (SSSR count). The first kappa shape index (κ1) is 25.1. The van der Waals surface area contributed by atoms with Crippen LogP contribution in [-0.2, 0) is 27.5 Å². The number of aryl methyl sites for hydroxylation is 1. The Kier molecular flexibility index (Phi) is 7.85. The van der Waals surface area contributed by atoms with Gasteiger partial charge in [0.15, 0.2) is 0 Å². The van der Waals surface area contributed by atoms with Gasteiger partial charge in [0.2, 0.25) is 10.0 Å². The van der Waals surface area contributed by atoms with Crippen LogP contribution in [-0.4, -0.2) is 31.4 Å². The highest BCUT2D eigenvalue weighted by Gasteiger charge is 2.32. The van der Waals surface area contributed by atoms with Crippen LogP contribution < -0.4 is 5.43 Å². The van der Waals surface area contributed by atoms with Crippen LogP contribution >= 0.6 is 0 Å². The van der Waals surface area contributed by atoms with Gasteiger partial charge in [0, 0.05) is 12.1 Å². The third kappa shape index (κ3) is 6.52. The monoisotopic (exact) mass is 489 g/mol. The molecular formula is C24H22F3N3O3S. The van der Waals surface area contributed by atoms with Crippen LogP contribution in [0.2, 0.25) is 0 Å². The van der Waals surface area contributed by atoms with Gasteiger partial charge in [0.25, 0.3) is 5.91 Å². The minimum Gasteiger partial charge on any atom is -0.272 e. The number of rotatable bonds is 8. The average Bonchev–Trinajstić information content (AvgIpc) is 2.79. The molecule has 3 aromatic carbocycles. The molecule has 0 aliphatic rings. The number of sulfonamides is 1. The number of hydrogen-bond donors (Lipinski definition) is 1. The van der Waals surface area contributed by atoms with E-state index in [1.165, 1.54) is 30.3 Å². The summed E-state index contributed by atoms with van der Waals surface area (Å²) in [6.45, 7) is 1.16. The second-order valence-electron chi connectivity index (χ2n) is 7.45. The standard InChI is InChI=1S/C24H22F3N3O3S/c1-18-11-13-21(14-12-18)34(32,33)30(16-19-7-3-2-4-8-19)17-23(31)29-28-15-20-9-5-6-10-22(20)24(25,26)27/h2-15H,16-17H2,1H3,(H,29,31)/b28-15+. The van der Waals surface area contributed by atoms with Gasteiger partial charge in [0.05, 0.1) is 23.2 Å². The number of alkyl halides is 3. The van der Waals surface area contributed by atoms with Crippen molar-refractivity contribution in [2.75, 3.05) is 6.54 Å². The number of carbonyl (C=O) groups excluding carboxylic acids is 1. The lowest BCUT2D eigenvalue weighted by Gasteiger charge is -2.21. The highest BCUT2D eigenvalue weighted by Crippen LogP contribution is 2.31. The van der Waals surface area contributed by atoms with Crippen molar-refractivity contribution in [1.82, 2.24) is 9.73 Å². The maximum atomic E-state index is 13.2. The maximum absolute atomic E-state index is 13.2. The summed E-state index contributed by atoms with van der Waals surface area (Å²) in [6.07, 6.45) is -3.71. The van der Waals surface area contributed by atoms with E-state index in [0.717, 1.165) is 22.1 Å². The SMILES string of the molecule is Cc1ccc(S(=O)(=O)N(CC(=O)N/N=C/c2ccccc2C(F)(F)F)Cc2ccccc2)cc1. The molecule has 0 saturated heterocycles. The molecule has 0 spiro atoms. The molecule has 1 N–H and O–H groups in total. The molecule has 0 fully saturated rings. The average molecular weight is 490 g/mol. The summed E-state index contributed by atoms with van der Waals surface area (Å²) in [5.74, 6) is -0.799. The summed E-state index contributed by atoms with van der Waals surface area (Å²) >= 11 is 0. The van der Waals surface area contributed by atoms with E-state index in [4.69, 9.17) is 0 Å². The fourth-order valence-corrected chi connectivity index (χ4v) is 4.49. The van der Waals surface area contributed by atoms with Crippen LogP contribution in [0.5, 0.6) is 0 Å². The molecule has 0 atom stereocenters. The molecule has 0 radical (unpaired) electrons. The molecule has 1 amide bonds. The van der Waals surface area contributed by atoms with Gasteiger partial charge in [-0.25, -0.2) is 13.8 Å². The number of hydrogen-bond acceptors (Lipinski definition) is 4. The zero-order valence-corrected chi connectivity index (χ0v) is 19.0. The predicted molar refractivity (Wildman–Crippen MR) is 122 cm³/mol. The van der Waals surface area contributed by atoms with Gasteiger partial charge < -0.3 is 0 Å². The quantitative estimate of drug-likeness (QED) is 0.377. The Labute approximate surface area is 195 Å². The number of hydrazone groups is 1. The molecule has 0 unspecified atom stereocenters. The summed E-state index contributed by atoms with van der Waals surface area (Å²) in [6, 6.07) is 19.7. The van der Waals surface area contributed by atoms with Crippen LogP contribution in [0.3, 0.4) is 0 Å². The van der Waals surface area contributed by atoms with Gasteiger partial charge in [-0.1, -0.05) is 66.2 Å². The molecule has 0 aliphatic carbocycles. The summed E-state index contributed by atoms with van der Waals surface area (Å²) in [5.41, 5.74) is 2.52. The van der Waals surface area contributed by atoms with Gasteiger partial charge in [0.1, 0.15) is 0 Å². The Morgan fingerprint density at radius 3 is 2.24 bits per heavy atom. The largest absolute Gasteiger partial charge is 0.417 e. The van der Waals surface area contributed by atoms with Gasteiger partial charge in [-0.05, 0) is 30.7 Å². The number of benzene rings is 3. The zero-order chi connectivity index (χ0) is 24.8. The van der Waals surface area contributed by atoms with Crippen molar-refractivity contribution < 1.29 is 26.4 Å². The van der Waals surface area contributed by atoms with Crippen LogP contribution in [0.1, 0.15) is 22.3 Å². The first-order valence-corrected chi connectivity index (χ1v) is 11.6. The summed E-state index contributed by atoms with van der Waals surface area (Å²) in [5, 5.41) is 3.60. The van der Waals surface area contributed by atoms with Crippen molar-refractivity contribution >= 4 is 22.1 Å². The number of amides is 1. The Morgan fingerprint density at radius 2 is 1.59 bits per heavy atom. The van der Waals surface area contributed by atoms with E-state index in [-0.39, 0.29) is 17.0 Å². The molecular weight excluding hydrogens is 467 g/mol. The molecule has 6 nitrogen and oxygen atoms in total. The van der Waals surface area contributed by atoms with Gasteiger partial charge in [-0.15, -0.1) is 0 Å². The highest BCUT2D eigenvalue weighted by atomic mass is 32.2. The molecule has 0 aromatic heterocycles. The van der Waals surface area contributed by atoms with Crippen LogP contribution in [0.25, 0.3) is 0 Å². The van der Waals surface area contributed by atoms with Crippen molar-refractivity contribution in [2.45, 2.75) is 24.5 Å². The number of carbonyl (C=O) groups is 1. The first-order valence-electron chi connectivity index (χ1n) is 10.2. The third-order valence-corrected chi connectivity index (χ3v) is 6.65. The van der Waals surface area contributed by atoms with Crippen molar-refractivity contribution in [2.24, 2.45) is 5.10 Å². The van der Waals surface area contributed by atoms with E-state index < -0.39 is 34.2 Å². The van der Waals surface area contributed by atoms with E-state index in [0.29, 0.717) is 5.56 Å². The predicted octanol–water partition coefficient (Wildman–Crippen LogP) is 4.36. The zero-order valence-electron chi connectivity index (χ0n) is 18.2.